The molecule has 0 saturated carbocycles. The number of rotatable bonds is 5. The molecule has 1 aliphatic heterocycles. The first kappa shape index (κ1) is 15.8. The highest BCUT2D eigenvalue weighted by molar-refractivity contribution is 5.91. The SMILES string of the molecule is CCN1CCN(Cc2ccc(OC)c(C(=O)O)c2)CC1C. The van der Waals surface area contributed by atoms with Gasteiger partial charge in [0.25, 0.3) is 0 Å². The van der Waals surface area contributed by atoms with Crippen molar-refractivity contribution in [3.63, 3.8) is 0 Å². The molecule has 1 saturated heterocycles. The molecule has 1 aromatic carbocycles. The zero-order chi connectivity index (χ0) is 15.4. The third kappa shape index (κ3) is 3.74. The fourth-order valence-corrected chi connectivity index (χ4v) is 2.96. The molecule has 5 heteroatoms. The summed E-state index contributed by atoms with van der Waals surface area (Å²) in [5.74, 6) is -0.534. The summed E-state index contributed by atoms with van der Waals surface area (Å²) in [4.78, 5) is 16.1. The highest BCUT2D eigenvalue weighted by atomic mass is 16.5. The van der Waals surface area contributed by atoms with Gasteiger partial charge in [-0.25, -0.2) is 4.79 Å². The molecule has 1 aromatic rings. The lowest BCUT2D eigenvalue weighted by atomic mass is 10.1. The van der Waals surface area contributed by atoms with E-state index in [9.17, 15) is 9.90 Å². The molecule has 1 fully saturated rings. The first-order valence-electron chi connectivity index (χ1n) is 7.41. The van der Waals surface area contributed by atoms with Crippen molar-refractivity contribution in [1.82, 2.24) is 9.80 Å². The summed E-state index contributed by atoms with van der Waals surface area (Å²) in [6.07, 6.45) is 0. The molecular formula is C16H24N2O3. The van der Waals surface area contributed by atoms with Gasteiger partial charge in [0.15, 0.2) is 0 Å². The predicted octanol–water partition coefficient (Wildman–Crippen LogP) is 1.92. The van der Waals surface area contributed by atoms with Crippen LogP contribution in [-0.4, -0.2) is 60.2 Å². The molecule has 0 aliphatic carbocycles. The number of likely N-dealkylation sites (N-methyl/N-ethyl adjacent to an activating group) is 1. The van der Waals surface area contributed by atoms with Gasteiger partial charge >= 0.3 is 5.97 Å². The Kier molecular flexibility index (Phi) is 5.20. The number of carboxylic acids is 1. The molecule has 116 valence electrons. The molecule has 1 heterocycles. The first-order valence-corrected chi connectivity index (χ1v) is 7.41. The Balaban J connectivity index is 2.07. The molecule has 1 N–H and O–H groups in total. The molecule has 0 amide bonds. The fourth-order valence-electron chi connectivity index (χ4n) is 2.96. The molecule has 2 rings (SSSR count). The van der Waals surface area contributed by atoms with Crippen molar-refractivity contribution in [2.75, 3.05) is 33.3 Å². The molecule has 1 aliphatic rings. The number of nitrogens with zero attached hydrogens (tertiary/aromatic N) is 2. The molecule has 0 spiro atoms. The van der Waals surface area contributed by atoms with Crippen LogP contribution < -0.4 is 4.74 Å². The average molecular weight is 292 g/mol. The van der Waals surface area contributed by atoms with Crippen LogP contribution in [-0.2, 0) is 6.54 Å². The maximum Gasteiger partial charge on any atom is 0.339 e. The van der Waals surface area contributed by atoms with Gasteiger partial charge in [0, 0.05) is 32.2 Å². The third-order valence-electron chi connectivity index (χ3n) is 4.16. The van der Waals surface area contributed by atoms with Gasteiger partial charge < -0.3 is 9.84 Å². The number of methoxy groups -OCH3 is 1. The number of ether oxygens (including phenoxy) is 1. The van der Waals surface area contributed by atoms with Gasteiger partial charge in [-0.1, -0.05) is 13.0 Å². The van der Waals surface area contributed by atoms with Crippen LogP contribution in [0.2, 0.25) is 0 Å². The van der Waals surface area contributed by atoms with E-state index in [1.807, 2.05) is 6.07 Å². The van der Waals surface area contributed by atoms with Gasteiger partial charge in [0.2, 0.25) is 0 Å². The van der Waals surface area contributed by atoms with Crippen molar-refractivity contribution in [3.8, 4) is 5.75 Å². The Hall–Kier alpha value is -1.59. The van der Waals surface area contributed by atoms with E-state index in [0.29, 0.717) is 11.8 Å². The number of aromatic carboxylic acids is 1. The van der Waals surface area contributed by atoms with E-state index in [2.05, 4.69) is 23.6 Å². The monoisotopic (exact) mass is 292 g/mol. The predicted molar refractivity (Wildman–Crippen MR) is 81.9 cm³/mol. The second-order valence-corrected chi connectivity index (χ2v) is 5.55. The number of benzene rings is 1. The average Bonchev–Trinajstić information content (AvgIpc) is 2.47. The van der Waals surface area contributed by atoms with E-state index in [4.69, 9.17) is 4.74 Å². The van der Waals surface area contributed by atoms with Crippen molar-refractivity contribution in [2.24, 2.45) is 0 Å². The zero-order valence-electron chi connectivity index (χ0n) is 13.0. The van der Waals surface area contributed by atoms with Crippen LogP contribution in [0.5, 0.6) is 5.75 Å². The molecule has 5 nitrogen and oxygen atoms in total. The van der Waals surface area contributed by atoms with Crippen LogP contribution in [0.1, 0.15) is 29.8 Å². The Morgan fingerprint density at radius 1 is 1.43 bits per heavy atom. The summed E-state index contributed by atoms with van der Waals surface area (Å²) in [7, 11) is 1.49. The highest BCUT2D eigenvalue weighted by Crippen LogP contribution is 2.21. The molecular weight excluding hydrogens is 268 g/mol. The van der Waals surface area contributed by atoms with Crippen molar-refractivity contribution in [1.29, 1.82) is 0 Å². The summed E-state index contributed by atoms with van der Waals surface area (Å²) in [5, 5.41) is 9.24. The fraction of sp³-hybridized carbons (Fsp3) is 0.562. The van der Waals surface area contributed by atoms with E-state index in [0.717, 1.165) is 38.3 Å². The van der Waals surface area contributed by atoms with Crippen LogP contribution in [0.25, 0.3) is 0 Å². The van der Waals surface area contributed by atoms with Crippen molar-refractivity contribution in [2.45, 2.75) is 26.4 Å². The van der Waals surface area contributed by atoms with E-state index in [-0.39, 0.29) is 5.56 Å². The molecule has 0 bridgehead atoms. The molecule has 1 atom stereocenters. The minimum Gasteiger partial charge on any atom is -0.496 e. The smallest absolute Gasteiger partial charge is 0.339 e. The van der Waals surface area contributed by atoms with E-state index < -0.39 is 5.97 Å². The number of hydrogen-bond acceptors (Lipinski definition) is 4. The van der Waals surface area contributed by atoms with Gasteiger partial charge in [-0.3, -0.25) is 9.80 Å². The Morgan fingerprint density at radius 2 is 2.19 bits per heavy atom. The first-order chi connectivity index (χ1) is 10.0. The quantitative estimate of drug-likeness (QED) is 0.898. The van der Waals surface area contributed by atoms with Gasteiger partial charge in [0.1, 0.15) is 11.3 Å². The maximum atomic E-state index is 11.3. The van der Waals surface area contributed by atoms with Crippen LogP contribution >= 0.6 is 0 Å². The lowest BCUT2D eigenvalue weighted by molar-refractivity contribution is 0.0692. The van der Waals surface area contributed by atoms with Gasteiger partial charge in [-0.2, -0.15) is 0 Å². The minimum absolute atomic E-state index is 0.232. The number of piperazine rings is 1. The number of hydrogen-bond donors (Lipinski definition) is 1. The maximum absolute atomic E-state index is 11.3. The summed E-state index contributed by atoms with van der Waals surface area (Å²) >= 11 is 0. The summed E-state index contributed by atoms with van der Waals surface area (Å²) < 4.78 is 5.10. The van der Waals surface area contributed by atoms with Crippen molar-refractivity contribution in [3.05, 3.63) is 29.3 Å². The summed E-state index contributed by atoms with van der Waals surface area (Å²) in [6, 6.07) is 5.95. The van der Waals surface area contributed by atoms with E-state index in [1.165, 1.54) is 7.11 Å². The van der Waals surface area contributed by atoms with Crippen molar-refractivity contribution < 1.29 is 14.6 Å². The Labute approximate surface area is 126 Å². The second kappa shape index (κ2) is 6.91. The highest BCUT2D eigenvalue weighted by Gasteiger charge is 2.22. The zero-order valence-corrected chi connectivity index (χ0v) is 13.0. The molecule has 21 heavy (non-hydrogen) atoms. The normalized spacial score (nSPS) is 20.4. The van der Waals surface area contributed by atoms with Crippen molar-refractivity contribution >= 4 is 5.97 Å². The summed E-state index contributed by atoms with van der Waals surface area (Å²) in [5.41, 5.74) is 1.25. The van der Waals surface area contributed by atoms with Gasteiger partial charge in [0.05, 0.1) is 7.11 Å². The Bertz CT molecular complexity index is 504. The number of carboxylic acid groups (broad SMARTS) is 1. The van der Waals surface area contributed by atoms with Crippen LogP contribution in [0.15, 0.2) is 18.2 Å². The van der Waals surface area contributed by atoms with Gasteiger partial charge in [-0.05, 0) is 31.2 Å². The minimum atomic E-state index is -0.946. The lowest BCUT2D eigenvalue weighted by Gasteiger charge is -2.39. The molecule has 1 unspecified atom stereocenters. The van der Waals surface area contributed by atoms with Crippen LogP contribution in [0.4, 0.5) is 0 Å². The topological polar surface area (TPSA) is 53.0 Å². The second-order valence-electron chi connectivity index (χ2n) is 5.55. The van der Waals surface area contributed by atoms with Crippen LogP contribution in [0.3, 0.4) is 0 Å². The van der Waals surface area contributed by atoms with Crippen LogP contribution in [0, 0.1) is 0 Å². The number of carbonyl (C=O) groups is 1. The Morgan fingerprint density at radius 3 is 2.76 bits per heavy atom. The molecule has 0 aromatic heterocycles. The lowest BCUT2D eigenvalue weighted by Crippen LogP contribution is -2.51. The standard InChI is InChI=1S/C16H24N2O3/c1-4-18-8-7-17(10-12(18)2)11-13-5-6-15(21-3)14(9-13)16(19)20/h5-6,9,12H,4,7-8,10-11H2,1-3H3,(H,19,20). The third-order valence-corrected chi connectivity index (χ3v) is 4.16. The largest absolute Gasteiger partial charge is 0.496 e. The summed E-state index contributed by atoms with van der Waals surface area (Å²) in [6.45, 7) is 9.41. The van der Waals surface area contributed by atoms with E-state index in [1.54, 1.807) is 12.1 Å². The van der Waals surface area contributed by atoms with E-state index >= 15 is 0 Å². The van der Waals surface area contributed by atoms with Gasteiger partial charge in [-0.15, -0.1) is 0 Å². The molecule has 0 radical (unpaired) electrons.